The first kappa shape index (κ1) is 117. The van der Waals surface area contributed by atoms with Gasteiger partial charge >= 0.3 is 18.1 Å². The van der Waals surface area contributed by atoms with Crippen molar-refractivity contribution in [1.29, 1.82) is 0 Å². The number of hydroxylamine groups is 1. The average molecular weight is 2120 g/mol. The molecule has 4 heterocycles. The Morgan fingerprint density at radius 1 is 0.763 bits per heavy atom. The van der Waals surface area contributed by atoms with Gasteiger partial charge in [-0.05, 0) is 144 Å². The van der Waals surface area contributed by atoms with Crippen LogP contribution < -0.4 is 52.4 Å². The summed E-state index contributed by atoms with van der Waals surface area (Å²) in [4.78, 5) is 142. The maximum atomic E-state index is 14.7. The molecule has 6 aliphatic rings. The van der Waals surface area contributed by atoms with E-state index >= 15 is 0 Å². The number of benzene rings is 2. The number of fused-ring (bicyclic) bond motifs is 2. The number of Topliss-reactive ketones (excluding diaryl/α,β-unsaturated/α-hetero) is 4. The number of carbonyl (C=O) groups excluding carboxylic acids is 10. The van der Waals surface area contributed by atoms with Crippen molar-refractivity contribution in [1.82, 2.24) is 26.3 Å². The van der Waals surface area contributed by atoms with E-state index in [9.17, 15) is 73.5 Å². The van der Waals surface area contributed by atoms with Crippen molar-refractivity contribution in [2.45, 2.75) is 286 Å². The molecule has 0 radical (unpaired) electrons. The number of rotatable bonds is 55. The fourth-order valence-electron chi connectivity index (χ4n) is 16.8. The van der Waals surface area contributed by atoms with Crippen LogP contribution >= 0.6 is 55.9 Å². The number of methoxy groups -OCH3 is 5. The number of thioether (sulfide) groups is 1. The molecule has 4 saturated heterocycles. The van der Waals surface area contributed by atoms with Crippen molar-refractivity contribution in [2.75, 3.05) is 112 Å². The zero-order valence-electron chi connectivity index (χ0n) is 81.6. The van der Waals surface area contributed by atoms with Crippen LogP contribution in [0.15, 0.2) is 59.2 Å². The molecule has 0 saturated carbocycles. The molecule has 43 heteroatoms. The Morgan fingerprint density at radius 3 is 2.12 bits per heavy atom. The summed E-state index contributed by atoms with van der Waals surface area (Å²) in [5.41, 5.74) is 13.4. The first-order valence-electron chi connectivity index (χ1n) is 46.8. The molecule has 2 aliphatic carbocycles. The van der Waals surface area contributed by atoms with E-state index in [0.717, 1.165) is 11.8 Å². The highest BCUT2D eigenvalue weighted by atomic mass is 127. The van der Waals surface area contributed by atoms with Gasteiger partial charge in [-0.1, -0.05) is 116 Å². The lowest BCUT2D eigenvalue weighted by atomic mass is 9.72. The van der Waals surface area contributed by atoms with Crippen molar-refractivity contribution >= 4 is 120 Å². The highest BCUT2D eigenvalue weighted by Gasteiger charge is 2.53. The quantitative estimate of drug-likeness (QED) is 0.00848. The molecule has 39 nitrogen and oxygen atoms in total. The van der Waals surface area contributed by atoms with Gasteiger partial charge in [-0.2, -0.15) is 5.48 Å². The second-order valence-electron chi connectivity index (χ2n) is 35.2. The molecule has 774 valence electrons. The number of primary amides is 1. The minimum atomic E-state index is -2.10. The summed E-state index contributed by atoms with van der Waals surface area (Å²) in [5, 5.41) is 68.9. The van der Waals surface area contributed by atoms with Crippen LogP contribution in [0.2, 0.25) is 0 Å². The number of hydrogen-bond donors (Lipinski definition) is 12. The van der Waals surface area contributed by atoms with E-state index in [0.29, 0.717) is 71.3 Å². The SMILES string of the molecule is CCN(CC(=O)CCCOCCOCCNC(=O)OCc1ccc(NC(=O)[C@H](CCCNC(N)=O)CC(=O)[C@@H](NC(=O)[C@H](CCCCN)CC(C)=O)C(C)C)cc1)[C@H]1CO[C@@H](O[C@H]2[C@H](O[C@H]3C#C/C=C\C#C[C@]4(O)CC(=O)C(CC(=O)OC)=C3/C4=C\CSSC(C)C)O[C@H](C)[C@@H](NO[C@H]3C[C@H](O)[C@H](SC(=O)c4c(C)c(I)c(O[C@@H]5O[C@@H](C)[C@H](O)[C@@H](OC)[C@H]5O)c(OC)c4OC)[C@@H](C)O3)[C@@H]2O)C[C@@H]1OC. The van der Waals surface area contributed by atoms with Gasteiger partial charge in [0.2, 0.25) is 29.0 Å². The van der Waals surface area contributed by atoms with Gasteiger partial charge in [0.25, 0.3) is 0 Å². The number of aliphatic hydroxyl groups excluding tert-OH is 4. The molecule has 2 aromatic rings. The third kappa shape index (κ3) is 34.3. The molecule has 4 aliphatic heterocycles. The van der Waals surface area contributed by atoms with Crippen molar-refractivity contribution in [3.8, 4) is 40.9 Å². The molecule has 0 unspecified atom stereocenters. The van der Waals surface area contributed by atoms with E-state index in [4.69, 9.17) is 87.4 Å². The lowest BCUT2D eigenvalue weighted by Gasteiger charge is -2.47. The standard InChI is InChI=1S/C96H139IN8O31S3/c1-16-105(49-63(107)27-24-38-126-40-41-127-39-37-101-95(119)129-50-59-29-31-62(32-30-59)102-89(115)61(26-23-36-100-94(99)118)44-67(108)78(52(2)3)103-90(116)60(43-54(6)106)25-20-22-35-98)66-51-128-73(47-71(66)121-11)134-86-81(113)79(56(8)131-93(86)133-70-28-19-17-18-21-34-96(120)48-69(110)64(45-72(111)122-12)76(70)65(96)33-42-137-139-53(4)5)104-136-74-46-68(109)88(58(10)130-74)138-91(117)75-55(7)77(97)84(87(125-15)83(75)123-13)135-92-82(114)85(124-14)80(112)57(9)132-92/h17-18,29-33,52-53,56-58,60-61,66,68,70-71,73-74,78-82,85-86,88,92-93,104,109,112-114,120H,16,20,22-27,35-51,98H2,1-15H3,(H,101,119)(H,102,115)(H,103,116)(H3,99,100,118)/b18-17-,65-33+/t56-,57+,58-,60-,61-,66+,68+,70+,71+,73+,74+,78+,79-,80+,81+,82-,85-,86-,88-,92+,93+,96+/m1/s1. The van der Waals surface area contributed by atoms with Crippen molar-refractivity contribution in [2.24, 2.45) is 29.2 Å². The van der Waals surface area contributed by atoms with Gasteiger partial charge in [0.1, 0.15) is 54.8 Å². The van der Waals surface area contributed by atoms with Crippen LogP contribution in [-0.4, -0.2) is 322 Å². The number of aliphatic hydroxyl groups is 5. The van der Waals surface area contributed by atoms with Crippen molar-refractivity contribution < 1.29 is 149 Å². The first-order chi connectivity index (χ1) is 66.3. The van der Waals surface area contributed by atoms with Gasteiger partial charge in [0, 0.05) is 111 Å². The maximum Gasteiger partial charge on any atom is 0.407 e. The zero-order chi connectivity index (χ0) is 102. The normalized spacial score (nSPS) is 26.9. The number of allylic oxidation sites excluding steroid dienone is 2. The predicted octanol–water partition coefficient (Wildman–Crippen LogP) is 6.43. The monoisotopic (exact) mass is 2120 g/mol. The number of nitrogens with two attached hydrogens (primary N) is 2. The lowest BCUT2D eigenvalue weighted by molar-refractivity contribution is -0.337. The van der Waals surface area contributed by atoms with Crippen LogP contribution in [0.3, 0.4) is 0 Å². The molecule has 5 amide bonds. The highest BCUT2D eigenvalue weighted by Crippen LogP contribution is 2.50. The number of nitrogens with one attached hydrogen (secondary N) is 5. The number of esters is 1. The molecule has 4 fully saturated rings. The van der Waals surface area contributed by atoms with Crippen molar-refractivity contribution in [3.05, 3.63) is 79.5 Å². The van der Waals surface area contributed by atoms with Crippen LogP contribution in [0, 0.1) is 51.9 Å². The molecule has 2 bridgehead atoms. The second kappa shape index (κ2) is 58.5. The number of anilines is 1. The van der Waals surface area contributed by atoms with Crippen LogP contribution in [-0.2, 0) is 102 Å². The minimum absolute atomic E-state index is 0.00337. The van der Waals surface area contributed by atoms with Crippen LogP contribution in [0.25, 0.3) is 0 Å². The molecule has 14 N–H and O–H groups in total. The number of carbonyl (C=O) groups is 10. The molecule has 0 aromatic heterocycles. The topological polar surface area (TPSA) is 535 Å². The molecule has 22 atom stereocenters. The Hall–Kier alpha value is -7.50. The van der Waals surface area contributed by atoms with Crippen LogP contribution in [0.1, 0.15) is 167 Å². The average Bonchev–Trinajstić information content (AvgIpc) is 0.745. The molecule has 2 aromatic carbocycles. The zero-order valence-corrected chi connectivity index (χ0v) is 86.2. The van der Waals surface area contributed by atoms with Crippen molar-refractivity contribution in [3.63, 3.8) is 0 Å². The Bertz CT molecular complexity index is 4650. The third-order valence-corrected chi connectivity index (χ3v) is 29.7. The number of amides is 5. The summed E-state index contributed by atoms with van der Waals surface area (Å²) in [7, 11) is 9.79. The number of halogens is 1. The summed E-state index contributed by atoms with van der Waals surface area (Å²) in [6.07, 6.45) is -13.0. The van der Waals surface area contributed by atoms with Gasteiger partial charge in [0.05, 0.1) is 130 Å². The third-order valence-electron chi connectivity index (χ3n) is 24.2. The molecule has 8 rings (SSSR count). The summed E-state index contributed by atoms with van der Waals surface area (Å²) in [5.74, 6) is 7.33. The number of likely N-dealkylation sites (N-methyl/N-ethyl adjacent to an activating group) is 1. The van der Waals surface area contributed by atoms with E-state index < -0.39 is 187 Å². The minimum Gasteiger partial charge on any atom is -0.492 e. The smallest absolute Gasteiger partial charge is 0.407 e. The van der Waals surface area contributed by atoms with E-state index in [-0.39, 0.29) is 166 Å². The van der Waals surface area contributed by atoms with Gasteiger partial charge in [-0.3, -0.25) is 43.3 Å². The number of urea groups is 1. The Kier molecular flexibility index (Phi) is 49.1. The summed E-state index contributed by atoms with van der Waals surface area (Å²) < 4.78 is 91.0. The first-order valence-corrected chi connectivity index (χ1v) is 51.1. The maximum absolute atomic E-state index is 14.7. The van der Waals surface area contributed by atoms with E-state index in [1.165, 1.54) is 65.4 Å². The largest absolute Gasteiger partial charge is 0.492 e. The van der Waals surface area contributed by atoms with Gasteiger partial charge in [-0.15, -0.1) is 0 Å². The lowest BCUT2D eigenvalue weighted by Crippen LogP contribution is -2.65. The Balaban J connectivity index is 0.853. The molecular formula is C96H139IN8O31S3. The van der Waals surface area contributed by atoms with Gasteiger partial charge < -0.3 is 134 Å². The Labute approximate surface area is 838 Å². The Morgan fingerprint density at radius 2 is 1.46 bits per heavy atom. The molecular weight excluding hydrogens is 1980 g/mol. The predicted molar refractivity (Wildman–Crippen MR) is 523 cm³/mol. The number of ketones is 4. The number of alkyl carbamates (subject to hydrolysis) is 1. The number of unbranched alkanes of at least 4 members (excludes halogenated alkanes) is 1. The van der Waals surface area contributed by atoms with E-state index in [1.54, 1.807) is 82.7 Å². The van der Waals surface area contributed by atoms with Crippen LogP contribution in [0.5, 0.6) is 17.2 Å². The van der Waals surface area contributed by atoms with E-state index in [1.807, 2.05) is 48.3 Å². The van der Waals surface area contributed by atoms with Gasteiger partial charge in [0.15, 0.2) is 47.5 Å². The fourth-order valence-corrected chi connectivity index (χ4v) is 20.4. The number of ether oxygens (including phenoxy) is 15. The molecule has 0 spiro atoms. The summed E-state index contributed by atoms with van der Waals surface area (Å²) >= 11 is 2.78. The molecule has 139 heavy (non-hydrogen) atoms. The number of nitrogens with zero attached hydrogens (tertiary/aromatic N) is 1. The summed E-state index contributed by atoms with van der Waals surface area (Å²) in [6, 6.07) is 3.21. The fraction of sp³-hybridized carbons (Fsp3) is 0.667. The van der Waals surface area contributed by atoms with E-state index in [2.05, 4.69) is 50.4 Å². The highest BCUT2D eigenvalue weighted by molar-refractivity contribution is 14.1. The van der Waals surface area contributed by atoms with Gasteiger partial charge in [-0.25, -0.2) is 9.59 Å². The van der Waals surface area contributed by atoms with Crippen LogP contribution in [0.4, 0.5) is 15.3 Å². The summed E-state index contributed by atoms with van der Waals surface area (Å²) in [6.45, 7) is 19.3. The second-order valence-corrected chi connectivity index (χ2v) is 40.4. The number of hydrogen-bond acceptors (Lipinski definition) is 37.